The normalized spacial score (nSPS) is 32.5. The number of benzene rings is 1. The minimum absolute atomic E-state index is 0.837. The van der Waals surface area contributed by atoms with E-state index >= 15 is 0 Å². The molecule has 0 heteroatoms. The molecule has 0 N–H and O–H groups in total. The molecule has 0 saturated heterocycles. The van der Waals surface area contributed by atoms with Gasteiger partial charge < -0.3 is 0 Å². The predicted molar refractivity (Wildman–Crippen MR) is 149 cm³/mol. The maximum absolute atomic E-state index is 2.49. The molecule has 1 aromatic rings. The van der Waals surface area contributed by atoms with Crippen molar-refractivity contribution in [3.05, 3.63) is 35.4 Å². The molecule has 1 aromatic carbocycles. The Labute approximate surface area is 213 Å². The van der Waals surface area contributed by atoms with Crippen molar-refractivity contribution in [3.8, 4) is 0 Å². The first-order valence-corrected chi connectivity index (χ1v) is 15.8. The SMILES string of the molecule is CCCCCCC1CCC(c2ccc(CCC3CCC(C4CCC(CC)CC4)CC3)cc2)CC1. The van der Waals surface area contributed by atoms with E-state index in [1.807, 2.05) is 0 Å². The lowest BCUT2D eigenvalue weighted by Gasteiger charge is -2.37. The van der Waals surface area contributed by atoms with Gasteiger partial charge in [-0.25, -0.2) is 0 Å². The molecule has 3 saturated carbocycles. The van der Waals surface area contributed by atoms with Gasteiger partial charge in [-0.15, -0.1) is 0 Å². The second-order valence-corrected chi connectivity index (χ2v) is 12.8. The van der Waals surface area contributed by atoms with E-state index in [-0.39, 0.29) is 0 Å². The highest BCUT2D eigenvalue weighted by atomic mass is 14.4. The van der Waals surface area contributed by atoms with Crippen LogP contribution in [0, 0.1) is 29.6 Å². The molecule has 0 bridgehead atoms. The van der Waals surface area contributed by atoms with Gasteiger partial charge in [-0.05, 0) is 111 Å². The smallest absolute Gasteiger partial charge is 0.0162 e. The van der Waals surface area contributed by atoms with Crippen molar-refractivity contribution in [1.82, 2.24) is 0 Å². The van der Waals surface area contributed by atoms with Crippen LogP contribution in [0.2, 0.25) is 0 Å². The molecule has 3 aliphatic rings. The topological polar surface area (TPSA) is 0 Å². The van der Waals surface area contributed by atoms with Crippen molar-refractivity contribution in [2.24, 2.45) is 29.6 Å². The minimum Gasteiger partial charge on any atom is -0.0654 e. The van der Waals surface area contributed by atoms with Crippen molar-refractivity contribution in [2.45, 2.75) is 148 Å². The third kappa shape index (κ3) is 7.86. The van der Waals surface area contributed by atoms with Crippen LogP contribution in [-0.4, -0.2) is 0 Å². The molecule has 192 valence electrons. The molecule has 34 heavy (non-hydrogen) atoms. The van der Waals surface area contributed by atoms with Gasteiger partial charge in [0.2, 0.25) is 0 Å². The van der Waals surface area contributed by atoms with Crippen LogP contribution < -0.4 is 0 Å². The number of hydrogen-bond acceptors (Lipinski definition) is 0. The van der Waals surface area contributed by atoms with Gasteiger partial charge in [-0.2, -0.15) is 0 Å². The van der Waals surface area contributed by atoms with Crippen LogP contribution in [0.3, 0.4) is 0 Å². The molecule has 3 fully saturated rings. The van der Waals surface area contributed by atoms with Crippen molar-refractivity contribution in [3.63, 3.8) is 0 Å². The largest absolute Gasteiger partial charge is 0.0654 e. The molecule has 0 radical (unpaired) electrons. The van der Waals surface area contributed by atoms with Gasteiger partial charge in [0, 0.05) is 0 Å². The van der Waals surface area contributed by atoms with Crippen LogP contribution in [0.4, 0.5) is 0 Å². The summed E-state index contributed by atoms with van der Waals surface area (Å²) in [4.78, 5) is 0. The van der Waals surface area contributed by atoms with Crippen LogP contribution in [0.5, 0.6) is 0 Å². The molecule has 0 aromatic heterocycles. The molecule has 0 spiro atoms. The van der Waals surface area contributed by atoms with Gasteiger partial charge in [-0.1, -0.05) is 102 Å². The van der Waals surface area contributed by atoms with E-state index in [0.29, 0.717) is 0 Å². The number of hydrogen-bond donors (Lipinski definition) is 0. The van der Waals surface area contributed by atoms with Crippen LogP contribution in [0.15, 0.2) is 24.3 Å². The first-order chi connectivity index (χ1) is 16.7. The molecular weight excluding hydrogens is 408 g/mol. The van der Waals surface area contributed by atoms with Gasteiger partial charge in [0.1, 0.15) is 0 Å². The zero-order chi connectivity index (χ0) is 23.6. The molecule has 0 heterocycles. The Hall–Kier alpha value is -0.780. The molecule has 0 unspecified atom stereocenters. The van der Waals surface area contributed by atoms with E-state index in [1.165, 1.54) is 116 Å². The summed E-state index contributed by atoms with van der Waals surface area (Å²) in [6.45, 7) is 4.71. The number of rotatable bonds is 11. The van der Waals surface area contributed by atoms with Crippen LogP contribution in [-0.2, 0) is 6.42 Å². The lowest BCUT2D eigenvalue weighted by molar-refractivity contribution is 0.142. The average molecular weight is 465 g/mol. The predicted octanol–water partition coefficient (Wildman–Crippen LogP) is 10.9. The molecule has 0 atom stereocenters. The number of unbranched alkanes of at least 4 members (excludes halogenated alkanes) is 3. The van der Waals surface area contributed by atoms with E-state index in [9.17, 15) is 0 Å². The van der Waals surface area contributed by atoms with E-state index in [0.717, 1.165) is 35.5 Å². The Kier molecular flexibility index (Phi) is 10.9. The standard InChI is InChI=1S/C34H56/c1-3-5-6-7-8-28-13-21-32(22-14-28)34-25-17-30(18-26-34)10-9-29-15-23-33(24-16-29)31-19-11-27(4-2)12-20-31/h17-18,25-29,31-33H,3-16,19-24H2,1-2H3. The Bertz CT molecular complexity index is 648. The number of aryl methyl sites for hydroxylation is 1. The summed E-state index contributed by atoms with van der Waals surface area (Å²) in [5.74, 6) is 6.05. The molecule has 3 aliphatic carbocycles. The summed E-state index contributed by atoms with van der Waals surface area (Å²) < 4.78 is 0. The first-order valence-electron chi connectivity index (χ1n) is 15.8. The fourth-order valence-electron chi connectivity index (χ4n) is 7.99. The van der Waals surface area contributed by atoms with Gasteiger partial charge in [-0.3, -0.25) is 0 Å². The second kappa shape index (κ2) is 14.1. The van der Waals surface area contributed by atoms with Crippen molar-refractivity contribution in [2.75, 3.05) is 0 Å². The lowest BCUT2D eigenvalue weighted by atomic mass is 9.68. The average Bonchev–Trinajstić information content (AvgIpc) is 2.91. The second-order valence-electron chi connectivity index (χ2n) is 12.8. The lowest BCUT2D eigenvalue weighted by Crippen LogP contribution is -2.25. The summed E-state index contributed by atoms with van der Waals surface area (Å²) in [5.41, 5.74) is 3.22. The Morgan fingerprint density at radius 1 is 0.559 bits per heavy atom. The molecule has 0 nitrogen and oxygen atoms in total. The zero-order valence-corrected chi connectivity index (χ0v) is 22.9. The summed E-state index contributed by atoms with van der Waals surface area (Å²) in [5, 5.41) is 0. The fourth-order valence-corrected chi connectivity index (χ4v) is 7.99. The van der Waals surface area contributed by atoms with Crippen molar-refractivity contribution >= 4 is 0 Å². The minimum atomic E-state index is 0.837. The summed E-state index contributed by atoms with van der Waals surface area (Å²) in [6, 6.07) is 9.93. The van der Waals surface area contributed by atoms with E-state index in [2.05, 4.69) is 38.1 Å². The molecular formula is C34H56. The summed E-state index contributed by atoms with van der Waals surface area (Å²) in [6.07, 6.45) is 29.4. The monoisotopic (exact) mass is 464 g/mol. The van der Waals surface area contributed by atoms with Gasteiger partial charge in [0.15, 0.2) is 0 Å². The van der Waals surface area contributed by atoms with Crippen LogP contribution in [0.1, 0.15) is 153 Å². The van der Waals surface area contributed by atoms with E-state index < -0.39 is 0 Å². The highest BCUT2D eigenvalue weighted by Gasteiger charge is 2.30. The Balaban J connectivity index is 1.12. The maximum Gasteiger partial charge on any atom is -0.0162 e. The molecule has 4 rings (SSSR count). The first kappa shape index (κ1) is 26.3. The van der Waals surface area contributed by atoms with Gasteiger partial charge >= 0.3 is 0 Å². The Morgan fingerprint density at radius 2 is 1.12 bits per heavy atom. The quantitative estimate of drug-likeness (QED) is 0.286. The zero-order valence-electron chi connectivity index (χ0n) is 22.9. The van der Waals surface area contributed by atoms with Gasteiger partial charge in [0.05, 0.1) is 0 Å². The Morgan fingerprint density at radius 3 is 1.71 bits per heavy atom. The fraction of sp³-hybridized carbons (Fsp3) is 0.824. The van der Waals surface area contributed by atoms with Gasteiger partial charge in [0.25, 0.3) is 0 Å². The molecule has 0 aliphatic heterocycles. The van der Waals surface area contributed by atoms with Crippen LogP contribution in [0.25, 0.3) is 0 Å². The third-order valence-electron chi connectivity index (χ3n) is 10.6. The molecule has 0 amide bonds. The van der Waals surface area contributed by atoms with Crippen molar-refractivity contribution < 1.29 is 0 Å². The highest BCUT2D eigenvalue weighted by Crippen LogP contribution is 2.43. The van der Waals surface area contributed by atoms with E-state index in [4.69, 9.17) is 0 Å². The third-order valence-corrected chi connectivity index (χ3v) is 10.6. The van der Waals surface area contributed by atoms with Crippen LogP contribution >= 0.6 is 0 Å². The highest BCUT2D eigenvalue weighted by molar-refractivity contribution is 5.26. The van der Waals surface area contributed by atoms with Crippen molar-refractivity contribution in [1.29, 1.82) is 0 Å². The summed E-state index contributed by atoms with van der Waals surface area (Å²) >= 11 is 0. The maximum atomic E-state index is 2.49. The summed E-state index contributed by atoms with van der Waals surface area (Å²) in [7, 11) is 0. The van der Waals surface area contributed by atoms with E-state index in [1.54, 1.807) is 24.0 Å².